The summed E-state index contributed by atoms with van der Waals surface area (Å²) in [6, 6.07) is 6.70. The second-order valence-electron chi connectivity index (χ2n) is 7.00. The fourth-order valence-electron chi connectivity index (χ4n) is 3.69. The maximum absolute atomic E-state index is 12.9. The fraction of sp³-hybridized carbons (Fsp3) is 0.632. The summed E-state index contributed by atoms with van der Waals surface area (Å²) in [6.45, 7) is 0. The molecule has 132 valence electrons. The summed E-state index contributed by atoms with van der Waals surface area (Å²) < 4.78 is 18.8. The monoisotopic (exact) mass is 334 g/mol. The van der Waals surface area contributed by atoms with Gasteiger partial charge in [-0.05, 0) is 62.8 Å². The molecule has 0 aromatic heterocycles. The third-order valence-corrected chi connectivity index (χ3v) is 5.07. The van der Waals surface area contributed by atoms with Crippen LogP contribution in [0.2, 0.25) is 0 Å². The highest BCUT2D eigenvalue weighted by Crippen LogP contribution is 2.24. The number of carbonyl (C=O) groups excluding carboxylic acids is 1. The number of amides is 2. The van der Waals surface area contributed by atoms with Gasteiger partial charge in [0.15, 0.2) is 0 Å². The molecule has 5 heteroatoms. The molecule has 2 N–H and O–H groups in total. The number of urea groups is 1. The normalized spacial score (nSPS) is 25.0. The molecule has 0 saturated heterocycles. The first-order chi connectivity index (χ1) is 11.7. The van der Waals surface area contributed by atoms with Gasteiger partial charge in [0.1, 0.15) is 11.6 Å². The maximum Gasteiger partial charge on any atom is 0.315 e. The Morgan fingerprint density at radius 3 is 2.08 bits per heavy atom. The van der Waals surface area contributed by atoms with Gasteiger partial charge in [0, 0.05) is 12.1 Å². The van der Waals surface area contributed by atoms with Crippen LogP contribution in [0.25, 0.3) is 0 Å². The van der Waals surface area contributed by atoms with Gasteiger partial charge in [-0.25, -0.2) is 9.18 Å². The average Bonchev–Trinajstić information content (AvgIpc) is 2.59. The van der Waals surface area contributed by atoms with E-state index in [0.29, 0.717) is 11.8 Å². The lowest BCUT2D eigenvalue weighted by Gasteiger charge is -2.30. The van der Waals surface area contributed by atoms with Crippen molar-refractivity contribution in [2.75, 3.05) is 0 Å². The molecule has 0 aliphatic heterocycles. The molecule has 24 heavy (non-hydrogen) atoms. The number of ether oxygens (including phenoxy) is 1. The van der Waals surface area contributed by atoms with Gasteiger partial charge in [0.05, 0.1) is 6.10 Å². The fourth-order valence-corrected chi connectivity index (χ4v) is 3.69. The van der Waals surface area contributed by atoms with E-state index in [1.54, 1.807) is 12.1 Å². The number of nitrogens with one attached hydrogen (secondary N) is 2. The SMILES string of the molecule is O=C(NC1CCCCC1)N[C@H]1CC[C@@H](Oc2ccc(F)cc2)CC1. The first kappa shape index (κ1) is 17.1. The Labute approximate surface area is 143 Å². The summed E-state index contributed by atoms with van der Waals surface area (Å²) in [4.78, 5) is 12.1. The highest BCUT2D eigenvalue weighted by molar-refractivity contribution is 5.74. The van der Waals surface area contributed by atoms with Crippen molar-refractivity contribution in [3.63, 3.8) is 0 Å². The summed E-state index contributed by atoms with van der Waals surface area (Å²) in [6.07, 6.45) is 9.74. The van der Waals surface area contributed by atoms with Gasteiger partial charge >= 0.3 is 6.03 Å². The zero-order valence-corrected chi connectivity index (χ0v) is 14.1. The van der Waals surface area contributed by atoms with Crippen LogP contribution in [0.5, 0.6) is 5.75 Å². The third-order valence-electron chi connectivity index (χ3n) is 5.07. The number of halogens is 1. The molecular formula is C19H27FN2O2. The van der Waals surface area contributed by atoms with Gasteiger partial charge in [-0.1, -0.05) is 19.3 Å². The van der Waals surface area contributed by atoms with Crippen LogP contribution < -0.4 is 15.4 Å². The average molecular weight is 334 g/mol. The molecule has 2 saturated carbocycles. The first-order valence-corrected chi connectivity index (χ1v) is 9.18. The molecule has 2 amide bonds. The van der Waals surface area contributed by atoms with Crippen LogP contribution in [-0.4, -0.2) is 24.2 Å². The molecule has 3 rings (SSSR count). The molecule has 2 fully saturated rings. The summed E-state index contributed by atoms with van der Waals surface area (Å²) in [5.74, 6) is 0.460. The number of benzene rings is 1. The van der Waals surface area contributed by atoms with E-state index in [1.165, 1.54) is 31.4 Å². The lowest BCUT2D eigenvalue weighted by atomic mass is 9.93. The van der Waals surface area contributed by atoms with Gasteiger partial charge < -0.3 is 15.4 Å². The van der Waals surface area contributed by atoms with E-state index in [0.717, 1.165) is 38.5 Å². The molecule has 0 radical (unpaired) electrons. The first-order valence-electron chi connectivity index (χ1n) is 9.18. The van der Waals surface area contributed by atoms with E-state index in [1.807, 2.05) is 0 Å². The molecule has 0 atom stereocenters. The van der Waals surface area contributed by atoms with Gasteiger partial charge in [0.25, 0.3) is 0 Å². The van der Waals surface area contributed by atoms with Crippen molar-refractivity contribution in [3.05, 3.63) is 30.1 Å². The highest BCUT2D eigenvalue weighted by Gasteiger charge is 2.24. The van der Waals surface area contributed by atoms with Crippen molar-refractivity contribution in [2.45, 2.75) is 76.0 Å². The topological polar surface area (TPSA) is 50.4 Å². The molecule has 1 aromatic rings. The molecule has 2 aliphatic rings. The number of hydrogen-bond donors (Lipinski definition) is 2. The Morgan fingerprint density at radius 1 is 0.875 bits per heavy atom. The molecule has 4 nitrogen and oxygen atoms in total. The second-order valence-corrected chi connectivity index (χ2v) is 7.00. The quantitative estimate of drug-likeness (QED) is 0.869. The van der Waals surface area contributed by atoms with Crippen molar-refractivity contribution in [3.8, 4) is 5.75 Å². The lowest BCUT2D eigenvalue weighted by Crippen LogP contribution is -2.48. The van der Waals surface area contributed by atoms with E-state index < -0.39 is 0 Å². The minimum absolute atomic E-state index is 0.0233. The Balaban J connectivity index is 1.37. The molecule has 0 spiro atoms. The molecule has 0 unspecified atom stereocenters. The van der Waals surface area contributed by atoms with E-state index >= 15 is 0 Å². The van der Waals surface area contributed by atoms with Crippen LogP contribution in [0.3, 0.4) is 0 Å². The van der Waals surface area contributed by atoms with Gasteiger partial charge in [0.2, 0.25) is 0 Å². The van der Waals surface area contributed by atoms with Crippen LogP contribution in [0.1, 0.15) is 57.8 Å². The van der Waals surface area contributed by atoms with Crippen molar-refractivity contribution < 1.29 is 13.9 Å². The van der Waals surface area contributed by atoms with E-state index in [9.17, 15) is 9.18 Å². The highest BCUT2D eigenvalue weighted by atomic mass is 19.1. The van der Waals surface area contributed by atoms with E-state index in [2.05, 4.69) is 10.6 Å². The Morgan fingerprint density at radius 2 is 1.46 bits per heavy atom. The molecule has 0 bridgehead atoms. The van der Waals surface area contributed by atoms with E-state index in [-0.39, 0.29) is 24.0 Å². The van der Waals surface area contributed by atoms with Crippen molar-refractivity contribution >= 4 is 6.03 Å². The standard InChI is InChI=1S/C19H27FN2O2/c20-14-6-10-17(11-7-14)24-18-12-8-16(9-13-18)22-19(23)21-15-4-2-1-3-5-15/h6-7,10-11,15-16,18H,1-5,8-9,12-13H2,(H2,21,22,23)/t16-,18+. The minimum atomic E-state index is -0.251. The summed E-state index contributed by atoms with van der Waals surface area (Å²) in [5.41, 5.74) is 0. The molecule has 2 aliphatic carbocycles. The van der Waals surface area contributed by atoms with Crippen LogP contribution in [-0.2, 0) is 0 Å². The number of rotatable bonds is 4. The van der Waals surface area contributed by atoms with Crippen LogP contribution in [0.15, 0.2) is 24.3 Å². The summed E-state index contributed by atoms with van der Waals surface area (Å²) in [7, 11) is 0. The Kier molecular flexibility index (Phi) is 5.94. The van der Waals surface area contributed by atoms with Gasteiger partial charge in [-0.3, -0.25) is 0 Å². The van der Waals surface area contributed by atoms with Crippen LogP contribution in [0.4, 0.5) is 9.18 Å². The minimum Gasteiger partial charge on any atom is -0.490 e. The Bertz CT molecular complexity index is 521. The summed E-state index contributed by atoms with van der Waals surface area (Å²) >= 11 is 0. The second kappa shape index (κ2) is 8.36. The summed E-state index contributed by atoms with van der Waals surface area (Å²) in [5, 5.41) is 6.21. The van der Waals surface area contributed by atoms with Crippen molar-refractivity contribution in [1.29, 1.82) is 0 Å². The Hall–Kier alpha value is -1.78. The maximum atomic E-state index is 12.9. The van der Waals surface area contributed by atoms with Gasteiger partial charge in [-0.2, -0.15) is 0 Å². The van der Waals surface area contributed by atoms with Gasteiger partial charge in [-0.15, -0.1) is 0 Å². The smallest absolute Gasteiger partial charge is 0.315 e. The molecule has 0 heterocycles. The van der Waals surface area contributed by atoms with Crippen molar-refractivity contribution in [1.82, 2.24) is 10.6 Å². The zero-order valence-electron chi connectivity index (χ0n) is 14.1. The lowest BCUT2D eigenvalue weighted by molar-refractivity contribution is 0.139. The number of hydrogen-bond acceptors (Lipinski definition) is 2. The van der Waals surface area contributed by atoms with E-state index in [4.69, 9.17) is 4.74 Å². The largest absolute Gasteiger partial charge is 0.490 e. The molecule has 1 aromatic carbocycles. The predicted octanol–water partition coefficient (Wildman–Crippen LogP) is 4.15. The van der Waals surface area contributed by atoms with Crippen molar-refractivity contribution in [2.24, 2.45) is 0 Å². The van der Waals surface area contributed by atoms with Crippen LogP contribution >= 0.6 is 0 Å². The third kappa shape index (κ3) is 5.11. The predicted molar refractivity (Wildman–Crippen MR) is 91.6 cm³/mol. The van der Waals surface area contributed by atoms with Crippen LogP contribution in [0, 0.1) is 5.82 Å². The zero-order chi connectivity index (χ0) is 16.8. The number of carbonyl (C=O) groups is 1. The molecular weight excluding hydrogens is 307 g/mol.